The van der Waals surface area contributed by atoms with Crippen LogP contribution in [0.1, 0.15) is 13.8 Å². The van der Waals surface area contributed by atoms with Gasteiger partial charge in [-0.25, -0.2) is 0 Å². The molecule has 0 rings (SSSR count). The van der Waals surface area contributed by atoms with Crippen molar-refractivity contribution in [3.05, 3.63) is 12.2 Å². The van der Waals surface area contributed by atoms with Gasteiger partial charge >= 0.3 is 0 Å². The lowest BCUT2D eigenvalue weighted by Crippen LogP contribution is -2.29. The van der Waals surface area contributed by atoms with Gasteiger partial charge in [0.1, 0.15) is 0 Å². The average Bonchev–Trinajstić information content (AvgIpc) is 2.04. The number of nitrogens with zero attached hydrogens (tertiary/aromatic N) is 1. The molecule has 0 atom stereocenters. The fourth-order valence-electron chi connectivity index (χ4n) is 0.731. The van der Waals surface area contributed by atoms with Crippen molar-refractivity contribution in [1.29, 1.82) is 0 Å². The van der Waals surface area contributed by atoms with Crippen LogP contribution in [-0.4, -0.2) is 38.1 Å². The Morgan fingerprint density at radius 1 is 1.45 bits per heavy atom. The summed E-state index contributed by atoms with van der Waals surface area (Å²) in [6, 6.07) is 0. The van der Waals surface area contributed by atoms with Crippen molar-refractivity contribution in [1.82, 2.24) is 10.2 Å². The molecule has 0 fully saturated rings. The van der Waals surface area contributed by atoms with Crippen molar-refractivity contribution in [3.8, 4) is 0 Å². The van der Waals surface area contributed by atoms with E-state index in [1.807, 2.05) is 6.92 Å². The third-order valence-corrected chi connectivity index (χ3v) is 1.71. The van der Waals surface area contributed by atoms with Gasteiger partial charge in [-0.1, -0.05) is 19.1 Å². The summed E-state index contributed by atoms with van der Waals surface area (Å²) in [5.74, 6) is 0. The third kappa shape index (κ3) is 7.56. The van der Waals surface area contributed by atoms with Gasteiger partial charge in [0.25, 0.3) is 0 Å². The Morgan fingerprint density at radius 2 is 2.18 bits per heavy atom. The predicted molar refractivity (Wildman–Crippen MR) is 50.9 cm³/mol. The molecule has 0 bridgehead atoms. The molecule has 2 nitrogen and oxygen atoms in total. The zero-order valence-corrected chi connectivity index (χ0v) is 7.93. The molecule has 0 saturated carbocycles. The molecule has 0 aliphatic rings. The fourth-order valence-corrected chi connectivity index (χ4v) is 0.731. The van der Waals surface area contributed by atoms with Gasteiger partial charge in [-0.05, 0) is 20.5 Å². The average molecular weight is 156 g/mol. The molecule has 0 aliphatic carbocycles. The van der Waals surface area contributed by atoms with Crippen molar-refractivity contribution in [2.45, 2.75) is 13.8 Å². The number of hydrogen-bond acceptors (Lipinski definition) is 2. The van der Waals surface area contributed by atoms with Gasteiger partial charge in [0.05, 0.1) is 0 Å². The molecule has 0 amide bonds. The molecular formula is C9H20N2. The van der Waals surface area contributed by atoms with E-state index < -0.39 is 0 Å². The highest BCUT2D eigenvalue weighted by molar-refractivity contribution is 4.79. The molecule has 2 heteroatoms. The van der Waals surface area contributed by atoms with Crippen molar-refractivity contribution in [3.63, 3.8) is 0 Å². The summed E-state index contributed by atoms with van der Waals surface area (Å²) in [7, 11) is 2.14. The molecule has 1 N–H and O–H groups in total. The number of rotatable bonds is 6. The summed E-state index contributed by atoms with van der Waals surface area (Å²) in [5, 5.41) is 3.32. The summed E-state index contributed by atoms with van der Waals surface area (Å²) in [5.41, 5.74) is 0. The highest BCUT2D eigenvalue weighted by Gasteiger charge is 1.90. The second-order valence-electron chi connectivity index (χ2n) is 2.67. The highest BCUT2D eigenvalue weighted by atomic mass is 15.1. The Hall–Kier alpha value is -0.340. The van der Waals surface area contributed by atoms with Crippen LogP contribution in [0.5, 0.6) is 0 Å². The van der Waals surface area contributed by atoms with Crippen molar-refractivity contribution in [2.24, 2.45) is 0 Å². The van der Waals surface area contributed by atoms with E-state index in [4.69, 9.17) is 0 Å². The van der Waals surface area contributed by atoms with Crippen LogP contribution < -0.4 is 5.32 Å². The van der Waals surface area contributed by atoms with Crippen molar-refractivity contribution < 1.29 is 0 Å². The topological polar surface area (TPSA) is 15.3 Å². The molecule has 11 heavy (non-hydrogen) atoms. The number of hydrogen-bond donors (Lipinski definition) is 1. The van der Waals surface area contributed by atoms with Crippen LogP contribution in [0.25, 0.3) is 0 Å². The molecule has 0 aromatic rings. The first kappa shape index (κ1) is 10.7. The molecule has 0 unspecified atom stereocenters. The Kier molecular flexibility index (Phi) is 7.52. The van der Waals surface area contributed by atoms with E-state index in [1.54, 1.807) is 0 Å². The van der Waals surface area contributed by atoms with Gasteiger partial charge < -0.3 is 10.2 Å². The van der Waals surface area contributed by atoms with Gasteiger partial charge in [-0.15, -0.1) is 0 Å². The van der Waals surface area contributed by atoms with E-state index in [0.717, 1.165) is 26.2 Å². The van der Waals surface area contributed by atoms with E-state index in [9.17, 15) is 0 Å². The van der Waals surface area contributed by atoms with Gasteiger partial charge in [0, 0.05) is 19.6 Å². The van der Waals surface area contributed by atoms with Crippen LogP contribution in [-0.2, 0) is 0 Å². The maximum Gasteiger partial charge on any atom is 0.0135 e. The minimum Gasteiger partial charge on any atom is -0.312 e. The lowest BCUT2D eigenvalue weighted by molar-refractivity contribution is 0.352. The molecule has 0 saturated heterocycles. The molecule has 0 spiro atoms. The third-order valence-electron chi connectivity index (χ3n) is 1.71. The molecule has 66 valence electrons. The normalized spacial score (nSPS) is 11.6. The number of allylic oxidation sites excluding steroid dienone is 1. The second-order valence-corrected chi connectivity index (χ2v) is 2.67. The summed E-state index contributed by atoms with van der Waals surface area (Å²) >= 11 is 0. The first-order valence-electron chi connectivity index (χ1n) is 4.31. The molecule has 0 radical (unpaired) electrons. The van der Waals surface area contributed by atoms with Crippen LogP contribution in [0.4, 0.5) is 0 Å². The van der Waals surface area contributed by atoms with Gasteiger partial charge in [-0.2, -0.15) is 0 Å². The summed E-state index contributed by atoms with van der Waals surface area (Å²) in [6.07, 6.45) is 4.20. The highest BCUT2D eigenvalue weighted by Crippen LogP contribution is 1.77. The maximum absolute atomic E-state index is 3.32. The summed E-state index contributed by atoms with van der Waals surface area (Å²) in [4.78, 5) is 2.29. The van der Waals surface area contributed by atoms with Crippen molar-refractivity contribution >= 4 is 0 Å². The van der Waals surface area contributed by atoms with E-state index in [-0.39, 0.29) is 0 Å². The van der Waals surface area contributed by atoms with Gasteiger partial charge in [-0.3, -0.25) is 0 Å². The van der Waals surface area contributed by atoms with Crippen molar-refractivity contribution in [2.75, 3.05) is 33.2 Å². The first-order valence-corrected chi connectivity index (χ1v) is 4.31. The van der Waals surface area contributed by atoms with E-state index in [0.29, 0.717) is 0 Å². The minimum atomic E-state index is 0.994. The first-order chi connectivity index (χ1) is 5.31. The lowest BCUT2D eigenvalue weighted by atomic mass is 10.5. The Labute approximate surface area is 70.3 Å². The largest absolute Gasteiger partial charge is 0.312 e. The maximum atomic E-state index is 3.32. The van der Waals surface area contributed by atoms with Crippen LogP contribution in [0.3, 0.4) is 0 Å². The molecule has 0 heterocycles. The zero-order valence-electron chi connectivity index (χ0n) is 7.93. The molecule has 0 aliphatic heterocycles. The Bertz CT molecular complexity index is 99.7. The van der Waals surface area contributed by atoms with Crippen LogP contribution in [0.2, 0.25) is 0 Å². The van der Waals surface area contributed by atoms with Crippen LogP contribution in [0.15, 0.2) is 12.2 Å². The second kappa shape index (κ2) is 7.76. The minimum absolute atomic E-state index is 0.994. The smallest absolute Gasteiger partial charge is 0.0135 e. The number of likely N-dealkylation sites (N-methyl/N-ethyl adjacent to an activating group) is 1. The SMILES string of the molecule is C/C=C/CNCCN(C)CC. The quantitative estimate of drug-likeness (QED) is 0.458. The molecule has 0 aromatic carbocycles. The summed E-state index contributed by atoms with van der Waals surface area (Å²) in [6.45, 7) is 8.55. The predicted octanol–water partition coefficient (Wildman–Crippen LogP) is 1.10. The standard InChI is InChI=1S/C9H20N2/c1-4-6-7-10-8-9-11(3)5-2/h4,6,10H,5,7-9H2,1-3H3/b6-4+. The molecular weight excluding hydrogens is 136 g/mol. The van der Waals surface area contributed by atoms with E-state index in [2.05, 4.69) is 36.3 Å². The molecule has 0 aromatic heterocycles. The van der Waals surface area contributed by atoms with Crippen LogP contribution in [0, 0.1) is 0 Å². The fraction of sp³-hybridized carbons (Fsp3) is 0.778. The Balaban J connectivity index is 3.01. The van der Waals surface area contributed by atoms with Gasteiger partial charge in [0.2, 0.25) is 0 Å². The summed E-state index contributed by atoms with van der Waals surface area (Å²) < 4.78 is 0. The monoisotopic (exact) mass is 156 g/mol. The zero-order chi connectivity index (χ0) is 8.53. The van der Waals surface area contributed by atoms with Crippen LogP contribution >= 0.6 is 0 Å². The van der Waals surface area contributed by atoms with E-state index in [1.165, 1.54) is 0 Å². The lowest BCUT2D eigenvalue weighted by Gasteiger charge is -2.13. The van der Waals surface area contributed by atoms with E-state index >= 15 is 0 Å². The van der Waals surface area contributed by atoms with Gasteiger partial charge in [0.15, 0.2) is 0 Å². The number of nitrogens with one attached hydrogen (secondary N) is 1. The Morgan fingerprint density at radius 3 is 2.73 bits per heavy atom.